The highest BCUT2D eigenvalue weighted by atomic mass is 127. The van der Waals surface area contributed by atoms with Crippen LogP contribution in [0.15, 0.2) is 17.5 Å². The molecular formula is C7H3I2N3S. The highest BCUT2D eigenvalue weighted by Gasteiger charge is 2.05. The second-order valence-electron chi connectivity index (χ2n) is 2.17. The van der Waals surface area contributed by atoms with Crippen molar-refractivity contribution in [3.05, 3.63) is 25.2 Å². The van der Waals surface area contributed by atoms with E-state index in [9.17, 15) is 0 Å². The number of hydrogen-bond donors (Lipinski definition) is 0. The molecule has 2 rings (SSSR count). The second-order valence-corrected chi connectivity index (χ2v) is 5.05. The third kappa shape index (κ3) is 2.34. The SMILES string of the molecule is Ic1nc(I)nc(-c2cccs2)n1. The Morgan fingerprint density at radius 1 is 1.08 bits per heavy atom. The second kappa shape index (κ2) is 4.13. The molecule has 0 saturated carbocycles. The summed E-state index contributed by atoms with van der Waals surface area (Å²) in [5.74, 6) is 0.763. The molecule has 0 radical (unpaired) electrons. The van der Waals surface area contributed by atoms with Gasteiger partial charge in [0.2, 0.25) is 0 Å². The van der Waals surface area contributed by atoms with Gasteiger partial charge in [-0.2, -0.15) is 4.98 Å². The number of thiophene rings is 1. The van der Waals surface area contributed by atoms with Crippen molar-refractivity contribution >= 4 is 56.5 Å². The molecule has 0 bridgehead atoms. The third-order valence-electron chi connectivity index (χ3n) is 1.32. The molecule has 0 N–H and O–H groups in total. The molecule has 6 heteroatoms. The van der Waals surface area contributed by atoms with Gasteiger partial charge in [0.25, 0.3) is 0 Å². The van der Waals surface area contributed by atoms with E-state index in [0.29, 0.717) is 0 Å². The van der Waals surface area contributed by atoms with Crippen LogP contribution in [0, 0.1) is 7.66 Å². The van der Waals surface area contributed by atoms with E-state index in [1.807, 2.05) is 17.5 Å². The maximum Gasteiger partial charge on any atom is 0.195 e. The van der Waals surface area contributed by atoms with Gasteiger partial charge in [-0.1, -0.05) is 6.07 Å². The quantitative estimate of drug-likeness (QED) is 0.673. The van der Waals surface area contributed by atoms with Crippen LogP contribution in [-0.4, -0.2) is 15.0 Å². The van der Waals surface area contributed by atoms with Gasteiger partial charge in [0.05, 0.1) is 4.88 Å². The Morgan fingerprint density at radius 3 is 2.31 bits per heavy atom. The first-order valence-corrected chi connectivity index (χ1v) is 6.40. The standard InChI is InChI=1S/C7H3I2N3S/c8-6-10-5(11-7(9)12-6)4-2-1-3-13-4/h1-3H. The number of rotatable bonds is 1. The average molecular weight is 415 g/mol. The van der Waals surface area contributed by atoms with Crippen LogP contribution in [0.25, 0.3) is 10.7 Å². The Bertz CT molecular complexity index is 395. The van der Waals surface area contributed by atoms with E-state index >= 15 is 0 Å². The van der Waals surface area contributed by atoms with Crippen molar-refractivity contribution in [2.45, 2.75) is 0 Å². The summed E-state index contributed by atoms with van der Waals surface area (Å²) < 4.78 is 1.47. The lowest BCUT2D eigenvalue weighted by atomic mass is 10.4. The Hall–Kier alpha value is 0.170. The van der Waals surface area contributed by atoms with Gasteiger partial charge < -0.3 is 0 Å². The molecule has 2 aromatic rings. The summed E-state index contributed by atoms with van der Waals surface area (Å²) in [6, 6.07) is 4.00. The van der Waals surface area contributed by atoms with Gasteiger partial charge in [0.15, 0.2) is 13.5 Å². The fourth-order valence-electron chi connectivity index (χ4n) is 0.842. The van der Waals surface area contributed by atoms with Gasteiger partial charge in [0, 0.05) is 45.2 Å². The van der Waals surface area contributed by atoms with Crippen LogP contribution < -0.4 is 0 Å². The Balaban J connectivity index is 2.53. The van der Waals surface area contributed by atoms with Gasteiger partial charge >= 0.3 is 0 Å². The first-order chi connectivity index (χ1) is 6.25. The van der Waals surface area contributed by atoms with Crippen LogP contribution >= 0.6 is 56.5 Å². The summed E-state index contributed by atoms with van der Waals surface area (Å²) in [6.45, 7) is 0. The summed E-state index contributed by atoms with van der Waals surface area (Å²) in [5, 5.41) is 2.01. The van der Waals surface area contributed by atoms with Gasteiger partial charge in [-0.15, -0.1) is 11.3 Å². The third-order valence-corrected chi connectivity index (χ3v) is 3.15. The topological polar surface area (TPSA) is 38.7 Å². The van der Waals surface area contributed by atoms with Crippen LogP contribution in [0.4, 0.5) is 0 Å². The fraction of sp³-hybridized carbons (Fsp3) is 0. The zero-order valence-corrected chi connectivity index (χ0v) is 11.4. The van der Waals surface area contributed by atoms with E-state index in [4.69, 9.17) is 0 Å². The molecule has 0 spiro atoms. The normalized spacial score (nSPS) is 10.3. The molecule has 0 saturated heterocycles. The van der Waals surface area contributed by atoms with Gasteiger partial charge in [-0.05, 0) is 11.4 Å². The fourth-order valence-corrected chi connectivity index (χ4v) is 2.87. The average Bonchev–Trinajstić information content (AvgIpc) is 2.53. The Morgan fingerprint density at radius 2 is 1.77 bits per heavy atom. The highest BCUT2D eigenvalue weighted by molar-refractivity contribution is 14.1. The smallest absolute Gasteiger partial charge is 0.195 e. The number of nitrogens with zero attached hydrogens (tertiary/aromatic N) is 3. The zero-order valence-electron chi connectivity index (χ0n) is 6.24. The molecule has 2 heterocycles. The van der Waals surface area contributed by atoms with Crippen molar-refractivity contribution in [3.8, 4) is 10.7 Å². The molecule has 0 amide bonds. The molecule has 0 aliphatic rings. The summed E-state index contributed by atoms with van der Waals surface area (Å²) >= 11 is 5.82. The maximum atomic E-state index is 4.25. The van der Waals surface area contributed by atoms with Crippen LogP contribution in [0.1, 0.15) is 0 Å². The van der Waals surface area contributed by atoms with E-state index in [-0.39, 0.29) is 0 Å². The van der Waals surface area contributed by atoms with Crippen molar-refractivity contribution in [2.24, 2.45) is 0 Å². The van der Waals surface area contributed by atoms with Crippen LogP contribution in [0.2, 0.25) is 0 Å². The number of halogens is 2. The van der Waals surface area contributed by atoms with E-state index in [1.54, 1.807) is 11.3 Å². The molecule has 0 atom stereocenters. The van der Waals surface area contributed by atoms with Crippen LogP contribution in [0.5, 0.6) is 0 Å². The van der Waals surface area contributed by atoms with Gasteiger partial charge in [0.1, 0.15) is 0 Å². The predicted molar refractivity (Wildman–Crippen MR) is 68.6 cm³/mol. The van der Waals surface area contributed by atoms with Crippen molar-refractivity contribution in [3.63, 3.8) is 0 Å². The maximum absolute atomic E-state index is 4.25. The van der Waals surface area contributed by atoms with Crippen molar-refractivity contribution < 1.29 is 0 Å². The van der Waals surface area contributed by atoms with Crippen LogP contribution in [0.3, 0.4) is 0 Å². The molecule has 2 aromatic heterocycles. The molecule has 0 aromatic carbocycles. The Kier molecular flexibility index (Phi) is 3.09. The molecule has 0 fully saturated rings. The minimum atomic E-state index is 0.736. The van der Waals surface area contributed by atoms with Crippen molar-refractivity contribution in [1.29, 1.82) is 0 Å². The van der Waals surface area contributed by atoms with Crippen molar-refractivity contribution in [1.82, 2.24) is 15.0 Å². The molecule has 0 aliphatic carbocycles. The zero-order chi connectivity index (χ0) is 9.26. The van der Waals surface area contributed by atoms with E-state index in [0.717, 1.165) is 18.4 Å². The monoisotopic (exact) mass is 415 g/mol. The minimum absolute atomic E-state index is 0.736. The summed E-state index contributed by atoms with van der Waals surface area (Å²) in [4.78, 5) is 13.7. The first kappa shape index (κ1) is 9.71. The minimum Gasteiger partial charge on any atom is -0.202 e. The van der Waals surface area contributed by atoms with Gasteiger partial charge in [-0.25, -0.2) is 9.97 Å². The highest BCUT2D eigenvalue weighted by Crippen LogP contribution is 2.21. The van der Waals surface area contributed by atoms with Gasteiger partial charge in [-0.3, -0.25) is 0 Å². The molecule has 13 heavy (non-hydrogen) atoms. The summed E-state index contributed by atoms with van der Waals surface area (Å²) in [7, 11) is 0. The lowest BCUT2D eigenvalue weighted by Gasteiger charge is -1.96. The molecular weight excluding hydrogens is 412 g/mol. The van der Waals surface area contributed by atoms with E-state index < -0.39 is 0 Å². The summed E-state index contributed by atoms with van der Waals surface area (Å²) in [5.41, 5.74) is 0. The predicted octanol–water partition coefficient (Wildman–Crippen LogP) is 2.81. The molecule has 3 nitrogen and oxygen atoms in total. The van der Waals surface area contributed by atoms with E-state index in [2.05, 4.69) is 60.1 Å². The number of aromatic nitrogens is 3. The lowest BCUT2D eigenvalue weighted by Crippen LogP contribution is -1.97. The molecule has 0 unspecified atom stereocenters. The van der Waals surface area contributed by atoms with E-state index in [1.165, 1.54) is 0 Å². The first-order valence-electron chi connectivity index (χ1n) is 3.36. The molecule has 0 aliphatic heterocycles. The lowest BCUT2D eigenvalue weighted by molar-refractivity contribution is 0.980. The summed E-state index contributed by atoms with van der Waals surface area (Å²) in [6.07, 6.45) is 0. The largest absolute Gasteiger partial charge is 0.202 e. The van der Waals surface area contributed by atoms with Crippen LogP contribution in [-0.2, 0) is 0 Å². The Labute approximate surface area is 106 Å². The number of hydrogen-bond acceptors (Lipinski definition) is 4. The molecule has 66 valence electrons. The van der Waals surface area contributed by atoms with Crippen molar-refractivity contribution in [2.75, 3.05) is 0 Å².